The van der Waals surface area contributed by atoms with Crippen LogP contribution in [0.15, 0.2) is 34.5 Å². The van der Waals surface area contributed by atoms with E-state index in [-0.39, 0.29) is 11.1 Å². The minimum atomic E-state index is -0.890. The van der Waals surface area contributed by atoms with Crippen molar-refractivity contribution in [3.8, 4) is 12.1 Å². The Labute approximate surface area is 136 Å². The van der Waals surface area contributed by atoms with E-state index in [4.69, 9.17) is 0 Å². The predicted molar refractivity (Wildman–Crippen MR) is 83.0 cm³/mol. The topological polar surface area (TPSA) is 146 Å². The molecule has 1 aromatic carbocycles. The predicted octanol–water partition coefficient (Wildman–Crippen LogP) is 3.00. The molecule has 0 radical (unpaired) electrons. The second-order valence-corrected chi connectivity index (χ2v) is 5.21. The average Bonchev–Trinajstić information content (AvgIpc) is 2.53. The maximum atomic E-state index is 11.4. The molecule has 24 heavy (non-hydrogen) atoms. The minimum Gasteiger partial charge on any atom is -0.260 e. The molecule has 0 saturated heterocycles. The molecule has 1 heterocycles. The highest BCUT2D eigenvalue weighted by Crippen LogP contribution is 2.42. The molecule has 9 heteroatoms. The first-order valence-electron chi connectivity index (χ1n) is 6.80. The molecule has 0 N–H and O–H groups in total. The summed E-state index contributed by atoms with van der Waals surface area (Å²) in [4.78, 5) is 24.9. The molecule has 0 saturated carbocycles. The fourth-order valence-corrected chi connectivity index (χ4v) is 2.75. The Bertz CT molecular complexity index is 888. The van der Waals surface area contributed by atoms with Crippen LogP contribution in [0.5, 0.6) is 0 Å². The SMILES string of the molecule is CC1=NC(C)=C(C#N)[C@@H](c2ccc([N+](=O)[O-])cc2[N+](=O)[O-])C1C#N. The van der Waals surface area contributed by atoms with Crippen LogP contribution < -0.4 is 0 Å². The van der Waals surface area contributed by atoms with E-state index < -0.39 is 33.1 Å². The lowest BCUT2D eigenvalue weighted by atomic mass is 9.76. The zero-order chi connectivity index (χ0) is 18.0. The van der Waals surface area contributed by atoms with Crippen molar-refractivity contribution >= 4 is 17.1 Å². The van der Waals surface area contributed by atoms with Gasteiger partial charge in [-0.05, 0) is 19.9 Å². The van der Waals surface area contributed by atoms with Crippen LogP contribution in [-0.2, 0) is 0 Å². The monoisotopic (exact) mass is 325 g/mol. The standard InChI is InChI=1S/C15H11N5O4/c1-8-12(6-16)15(13(7-17)9(2)18-8)11-4-3-10(19(21)22)5-14(11)20(23)24/h3-5,12,15H,1-2H3/t12?,15-/m0/s1. The molecule has 0 aromatic heterocycles. The van der Waals surface area contributed by atoms with Crippen molar-refractivity contribution in [2.45, 2.75) is 19.8 Å². The molecule has 1 aliphatic heterocycles. The van der Waals surface area contributed by atoms with E-state index in [1.165, 1.54) is 6.07 Å². The lowest BCUT2D eigenvalue weighted by Gasteiger charge is -2.26. The van der Waals surface area contributed by atoms with Gasteiger partial charge in [0.2, 0.25) is 0 Å². The van der Waals surface area contributed by atoms with Crippen molar-refractivity contribution in [3.05, 3.63) is 55.3 Å². The zero-order valence-electron chi connectivity index (χ0n) is 12.8. The van der Waals surface area contributed by atoms with E-state index in [0.29, 0.717) is 11.4 Å². The molecule has 0 spiro atoms. The number of aliphatic imine (C=N–C) groups is 1. The Hall–Kier alpha value is -3.59. The van der Waals surface area contributed by atoms with Crippen molar-refractivity contribution in [1.82, 2.24) is 0 Å². The molecule has 9 nitrogen and oxygen atoms in total. The van der Waals surface area contributed by atoms with E-state index in [2.05, 4.69) is 4.99 Å². The van der Waals surface area contributed by atoms with Gasteiger partial charge in [-0.25, -0.2) is 0 Å². The van der Waals surface area contributed by atoms with Gasteiger partial charge in [0.05, 0.1) is 45.2 Å². The fraction of sp³-hybridized carbons (Fsp3) is 0.267. The smallest absolute Gasteiger partial charge is 0.260 e. The van der Waals surface area contributed by atoms with Crippen LogP contribution in [0, 0.1) is 48.8 Å². The number of nitro benzene ring substituents is 2. The van der Waals surface area contributed by atoms with Crippen molar-refractivity contribution in [1.29, 1.82) is 10.5 Å². The molecule has 2 rings (SSSR count). The molecular weight excluding hydrogens is 314 g/mol. The third-order valence-corrected chi connectivity index (χ3v) is 3.84. The number of nitriles is 2. The normalized spacial score (nSPS) is 19.9. The lowest BCUT2D eigenvalue weighted by molar-refractivity contribution is -0.394. The number of rotatable bonds is 3. The van der Waals surface area contributed by atoms with Gasteiger partial charge < -0.3 is 0 Å². The third kappa shape index (κ3) is 2.71. The Morgan fingerprint density at radius 1 is 1.17 bits per heavy atom. The van der Waals surface area contributed by atoms with Crippen molar-refractivity contribution in [3.63, 3.8) is 0 Å². The van der Waals surface area contributed by atoms with E-state index >= 15 is 0 Å². The van der Waals surface area contributed by atoms with E-state index in [0.717, 1.165) is 12.1 Å². The average molecular weight is 325 g/mol. The number of benzene rings is 1. The van der Waals surface area contributed by atoms with Crippen LogP contribution in [0.1, 0.15) is 25.3 Å². The number of hydrogen-bond acceptors (Lipinski definition) is 7. The largest absolute Gasteiger partial charge is 0.280 e. The van der Waals surface area contributed by atoms with Crippen LogP contribution in [-0.4, -0.2) is 15.6 Å². The Balaban J connectivity index is 2.76. The molecule has 2 atom stereocenters. The Kier molecular flexibility index (Phi) is 4.38. The number of non-ortho nitro benzene ring substituents is 1. The van der Waals surface area contributed by atoms with E-state index in [1.54, 1.807) is 13.8 Å². The van der Waals surface area contributed by atoms with Gasteiger partial charge in [0.25, 0.3) is 11.4 Å². The summed E-state index contributed by atoms with van der Waals surface area (Å²) < 4.78 is 0. The first-order chi connectivity index (χ1) is 11.3. The molecule has 1 unspecified atom stereocenters. The second kappa shape index (κ2) is 6.26. The molecule has 1 aromatic rings. The minimum absolute atomic E-state index is 0.0855. The number of allylic oxidation sites excluding steroid dienone is 2. The lowest BCUT2D eigenvalue weighted by Crippen LogP contribution is -2.25. The van der Waals surface area contributed by atoms with Crippen LogP contribution in [0.3, 0.4) is 0 Å². The molecule has 0 amide bonds. The second-order valence-electron chi connectivity index (χ2n) is 5.21. The van der Waals surface area contributed by atoms with Gasteiger partial charge in [-0.2, -0.15) is 10.5 Å². The number of nitro groups is 2. The Morgan fingerprint density at radius 2 is 1.83 bits per heavy atom. The van der Waals surface area contributed by atoms with Crippen LogP contribution in [0.2, 0.25) is 0 Å². The summed E-state index contributed by atoms with van der Waals surface area (Å²) in [6, 6.07) is 7.17. The molecule has 0 fully saturated rings. The van der Waals surface area contributed by atoms with Gasteiger partial charge in [0.15, 0.2) is 0 Å². The summed E-state index contributed by atoms with van der Waals surface area (Å²) in [5.41, 5.74) is 0.112. The van der Waals surface area contributed by atoms with Gasteiger partial charge in [0, 0.05) is 23.3 Å². The van der Waals surface area contributed by atoms with Crippen LogP contribution >= 0.6 is 0 Å². The van der Waals surface area contributed by atoms with Gasteiger partial charge >= 0.3 is 0 Å². The van der Waals surface area contributed by atoms with Crippen LogP contribution in [0.25, 0.3) is 0 Å². The number of nitrogens with zero attached hydrogens (tertiary/aromatic N) is 5. The summed E-state index contributed by atoms with van der Waals surface area (Å²) in [7, 11) is 0. The highest BCUT2D eigenvalue weighted by Gasteiger charge is 2.38. The van der Waals surface area contributed by atoms with Gasteiger partial charge in [0.1, 0.15) is 0 Å². The van der Waals surface area contributed by atoms with Crippen molar-refractivity contribution in [2.75, 3.05) is 0 Å². The molecule has 0 aliphatic carbocycles. The summed E-state index contributed by atoms with van der Waals surface area (Å²) in [5.74, 6) is -1.75. The molecule has 0 bridgehead atoms. The van der Waals surface area contributed by atoms with Gasteiger partial charge in [-0.15, -0.1) is 0 Å². The third-order valence-electron chi connectivity index (χ3n) is 3.84. The van der Waals surface area contributed by atoms with Gasteiger partial charge in [-0.3, -0.25) is 25.2 Å². The number of hydrogen-bond donors (Lipinski definition) is 0. The summed E-state index contributed by atoms with van der Waals surface area (Å²) in [5, 5.41) is 41.0. The quantitative estimate of drug-likeness (QED) is 0.616. The molecule has 1 aliphatic rings. The highest BCUT2D eigenvalue weighted by atomic mass is 16.6. The first-order valence-corrected chi connectivity index (χ1v) is 6.80. The van der Waals surface area contributed by atoms with Gasteiger partial charge in [-0.1, -0.05) is 0 Å². The highest BCUT2D eigenvalue weighted by molar-refractivity contribution is 5.91. The Morgan fingerprint density at radius 3 is 2.33 bits per heavy atom. The van der Waals surface area contributed by atoms with Crippen LogP contribution in [0.4, 0.5) is 11.4 Å². The van der Waals surface area contributed by atoms with Crippen molar-refractivity contribution < 1.29 is 9.85 Å². The first kappa shape index (κ1) is 16.8. The maximum absolute atomic E-state index is 11.4. The molecule has 120 valence electrons. The molecular formula is C15H11N5O4. The summed E-state index contributed by atoms with van der Waals surface area (Å²) in [6.07, 6.45) is 0. The van der Waals surface area contributed by atoms with E-state index in [9.17, 15) is 30.8 Å². The maximum Gasteiger partial charge on any atom is 0.280 e. The zero-order valence-corrected chi connectivity index (χ0v) is 12.8. The summed E-state index contributed by atoms with van der Waals surface area (Å²) in [6.45, 7) is 3.19. The fourth-order valence-electron chi connectivity index (χ4n) is 2.75. The van der Waals surface area contributed by atoms with Crippen molar-refractivity contribution in [2.24, 2.45) is 10.9 Å². The summed E-state index contributed by atoms with van der Waals surface area (Å²) >= 11 is 0. The van der Waals surface area contributed by atoms with E-state index in [1.807, 2.05) is 12.1 Å².